The topological polar surface area (TPSA) is 32.3 Å². The van der Waals surface area contributed by atoms with Gasteiger partial charge in [-0.1, -0.05) is 6.92 Å². The molecule has 0 unspecified atom stereocenters. The van der Waals surface area contributed by atoms with Crippen molar-refractivity contribution in [3.05, 3.63) is 29.8 Å². The summed E-state index contributed by atoms with van der Waals surface area (Å²) in [7, 11) is 0. The van der Waals surface area contributed by atoms with Gasteiger partial charge in [0.05, 0.1) is 0 Å². The van der Waals surface area contributed by atoms with Crippen LogP contribution >= 0.6 is 12.6 Å². The van der Waals surface area contributed by atoms with Crippen molar-refractivity contribution in [2.75, 3.05) is 19.6 Å². The van der Waals surface area contributed by atoms with Crippen molar-refractivity contribution >= 4 is 18.5 Å². The largest absolute Gasteiger partial charge is 0.351 e. The summed E-state index contributed by atoms with van der Waals surface area (Å²) in [5.74, 6) is -0.00446. The van der Waals surface area contributed by atoms with Crippen LogP contribution in [-0.4, -0.2) is 36.5 Å². The van der Waals surface area contributed by atoms with Crippen molar-refractivity contribution < 1.29 is 4.79 Å². The number of carbonyl (C=O) groups is 1. The highest BCUT2D eigenvalue weighted by Gasteiger charge is 2.27. The molecule has 1 amide bonds. The molecule has 0 aliphatic heterocycles. The Balaban J connectivity index is 1.75. The third-order valence-corrected chi connectivity index (χ3v) is 3.58. The predicted molar refractivity (Wildman–Crippen MR) is 76.3 cm³/mol. The zero-order valence-electron chi connectivity index (χ0n) is 10.7. The van der Waals surface area contributed by atoms with Crippen LogP contribution in [0.25, 0.3) is 0 Å². The van der Waals surface area contributed by atoms with Crippen LogP contribution in [0.1, 0.15) is 30.1 Å². The summed E-state index contributed by atoms with van der Waals surface area (Å²) in [6.45, 7) is 4.89. The van der Waals surface area contributed by atoms with Gasteiger partial charge in [-0.15, -0.1) is 12.6 Å². The van der Waals surface area contributed by atoms with Gasteiger partial charge in [0.1, 0.15) is 0 Å². The van der Waals surface area contributed by atoms with Gasteiger partial charge >= 0.3 is 0 Å². The van der Waals surface area contributed by atoms with Crippen LogP contribution in [0.5, 0.6) is 0 Å². The maximum atomic E-state index is 11.9. The third kappa shape index (κ3) is 3.75. The molecule has 0 heterocycles. The Kier molecular flexibility index (Phi) is 4.66. The van der Waals surface area contributed by atoms with Crippen LogP contribution in [0.2, 0.25) is 0 Å². The summed E-state index contributed by atoms with van der Waals surface area (Å²) in [5, 5.41) is 2.96. The lowest BCUT2D eigenvalue weighted by atomic mass is 10.2. The number of benzene rings is 1. The smallest absolute Gasteiger partial charge is 0.251 e. The van der Waals surface area contributed by atoms with Crippen LogP contribution in [0.15, 0.2) is 29.2 Å². The zero-order chi connectivity index (χ0) is 13.0. The van der Waals surface area contributed by atoms with E-state index < -0.39 is 0 Å². The van der Waals surface area contributed by atoms with E-state index >= 15 is 0 Å². The van der Waals surface area contributed by atoms with Gasteiger partial charge in [0, 0.05) is 29.6 Å². The summed E-state index contributed by atoms with van der Waals surface area (Å²) in [6.07, 6.45) is 2.62. The van der Waals surface area contributed by atoms with Crippen LogP contribution in [0, 0.1) is 0 Å². The number of hydrogen-bond donors (Lipinski definition) is 2. The lowest BCUT2D eigenvalue weighted by Crippen LogP contribution is -2.36. The molecule has 2 rings (SSSR count). The second kappa shape index (κ2) is 6.25. The Bertz CT molecular complexity index is 401. The maximum Gasteiger partial charge on any atom is 0.251 e. The van der Waals surface area contributed by atoms with Crippen molar-refractivity contribution in [2.24, 2.45) is 0 Å². The van der Waals surface area contributed by atoms with Crippen molar-refractivity contribution in [1.29, 1.82) is 0 Å². The fraction of sp³-hybridized carbons (Fsp3) is 0.500. The molecule has 1 fully saturated rings. The summed E-state index contributed by atoms with van der Waals surface area (Å²) in [6, 6.07) is 8.03. The molecule has 1 aliphatic carbocycles. The minimum Gasteiger partial charge on any atom is -0.351 e. The Morgan fingerprint density at radius 1 is 1.39 bits per heavy atom. The van der Waals surface area contributed by atoms with Gasteiger partial charge in [-0.2, -0.15) is 0 Å². The van der Waals surface area contributed by atoms with E-state index in [-0.39, 0.29) is 5.91 Å². The molecular formula is C14H20N2OS. The lowest BCUT2D eigenvalue weighted by Gasteiger charge is -2.19. The average Bonchev–Trinajstić information content (AvgIpc) is 3.19. The first kappa shape index (κ1) is 13.4. The Labute approximate surface area is 114 Å². The highest BCUT2D eigenvalue weighted by molar-refractivity contribution is 7.80. The normalized spacial score (nSPS) is 14.8. The van der Waals surface area contributed by atoms with Crippen molar-refractivity contribution in [3.8, 4) is 0 Å². The number of nitrogens with one attached hydrogen (secondary N) is 1. The molecule has 0 saturated heterocycles. The summed E-state index contributed by atoms with van der Waals surface area (Å²) < 4.78 is 0. The first-order valence-corrected chi connectivity index (χ1v) is 6.96. The molecule has 1 aromatic rings. The molecule has 0 radical (unpaired) electrons. The van der Waals surface area contributed by atoms with Gasteiger partial charge in [-0.05, 0) is 43.7 Å². The van der Waals surface area contributed by atoms with E-state index in [0.29, 0.717) is 12.1 Å². The van der Waals surface area contributed by atoms with E-state index in [0.717, 1.165) is 24.0 Å². The summed E-state index contributed by atoms with van der Waals surface area (Å²) in [4.78, 5) is 15.2. The summed E-state index contributed by atoms with van der Waals surface area (Å²) in [5.41, 5.74) is 0.697. The molecule has 0 spiro atoms. The first-order chi connectivity index (χ1) is 8.70. The molecule has 1 saturated carbocycles. The van der Waals surface area contributed by atoms with Gasteiger partial charge in [0.2, 0.25) is 0 Å². The fourth-order valence-corrected chi connectivity index (χ4v) is 2.22. The monoisotopic (exact) mass is 264 g/mol. The first-order valence-electron chi connectivity index (χ1n) is 6.52. The lowest BCUT2D eigenvalue weighted by molar-refractivity contribution is 0.0948. The third-order valence-electron chi connectivity index (χ3n) is 3.28. The Hall–Kier alpha value is -1.00. The second-order valence-electron chi connectivity index (χ2n) is 4.66. The number of likely N-dealkylation sites (N-methyl/N-ethyl adjacent to an activating group) is 1. The number of thiol groups is 1. The highest BCUT2D eigenvalue weighted by atomic mass is 32.1. The van der Waals surface area contributed by atoms with Crippen molar-refractivity contribution in [1.82, 2.24) is 10.2 Å². The molecule has 1 N–H and O–H groups in total. The quantitative estimate of drug-likeness (QED) is 0.772. The van der Waals surface area contributed by atoms with Gasteiger partial charge in [-0.3, -0.25) is 9.69 Å². The number of carbonyl (C=O) groups excluding carboxylic acids is 1. The number of nitrogens with zero attached hydrogens (tertiary/aromatic N) is 1. The van der Waals surface area contributed by atoms with Crippen LogP contribution in [0.4, 0.5) is 0 Å². The molecule has 1 aromatic carbocycles. The van der Waals surface area contributed by atoms with Crippen LogP contribution in [-0.2, 0) is 0 Å². The molecule has 1 aliphatic rings. The Morgan fingerprint density at radius 2 is 2.06 bits per heavy atom. The summed E-state index contributed by atoms with van der Waals surface area (Å²) >= 11 is 4.20. The minimum absolute atomic E-state index is 0.00446. The second-order valence-corrected chi connectivity index (χ2v) is 5.18. The van der Waals surface area contributed by atoms with Gasteiger partial charge in [0.25, 0.3) is 5.91 Å². The maximum absolute atomic E-state index is 11.9. The van der Waals surface area contributed by atoms with E-state index in [1.165, 1.54) is 12.8 Å². The van der Waals surface area contributed by atoms with E-state index in [1.54, 1.807) is 12.1 Å². The standard InChI is InChI=1S/C14H20N2OS/c1-2-16(12-5-6-12)10-9-15-14(17)11-3-7-13(18)8-4-11/h3-4,7-8,12,18H,2,5-6,9-10H2,1H3,(H,15,17). The van der Waals surface area contributed by atoms with Crippen molar-refractivity contribution in [3.63, 3.8) is 0 Å². The fourth-order valence-electron chi connectivity index (χ4n) is 2.07. The number of rotatable bonds is 6. The van der Waals surface area contributed by atoms with E-state index in [9.17, 15) is 4.79 Å². The molecule has 0 aromatic heterocycles. The molecule has 0 atom stereocenters. The van der Waals surface area contributed by atoms with Gasteiger partial charge < -0.3 is 5.32 Å². The van der Waals surface area contributed by atoms with Crippen LogP contribution < -0.4 is 5.32 Å². The molecule has 0 bridgehead atoms. The molecular weight excluding hydrogens is 244 g/mol. The van der Waals surface area contributed by atoms with Crippen molar-refractivity contribution in [2.45, 2.75) is 30.7 Å². The minimum atomic E-state index is -0.00446. The average molecular weight is 264 g/mol. The van der Waals surface area contributed by atoms with E-state index in [1.807, 2.05) is 12.1 Å². The number of hydrogen-bond acceptors (Lipinski definition) is 3. The highest BCUT2D eigenvalue weighted by Crippen LogP contribution is 2.25. The predicted octanol–water partition coefficient (Wildman–Crippen LogP) is 2.19. The SMILES string of the molecule is CCN(CCNC(=O)c1ccc(S)cc1)C1CC1. The molecule has 3 nitrogen and oxygen atoms in total. The molecule has 98 valence electrons. The van der Waals surface area contributed by atoms with Gasteiger partial charge in [0.15, 0.2) is 0 Å². The Morgan fingerprint density at radius 3 is 2.61 bits per heavy atom. The van der Waals surface area contributed by atoms with E-state index in [4.69, 9.17) is 0 Å². The van der Waals surface area contributed by atoms with Gasteiger partial charge in [-0.25, -0.2) is 0 Å². The number of amides is 1. The van der Waals surface area contributed by atoms with E-state index in [2.05, 4.69) is 29.8 Å². The molecule has 18 heavy (non-hydrogen) atoms. The zero-order valence-corrected chi connectivity index (χ0v) is 11.6. The van der Waals surface area contributed by atoms with Crippen LogP contribution in [0.3, 0.4) is 0 Å². The molecule has 4 heteroatoms.